The van der Waals surface area contributed by atoms with Crippen molar-refractivity contribution in [1.82, 2.24) is 0 Å². The first-order valence-electron chi connectivity index (χ1n) is 8.38. The van der Waals surface area contributed by atoms with Crippen molar-refractivity contribution in [3.05, 3.63) is 99.6 Å². The van der Waals surface area contributed by atoms with E-state index in [-0.39, 0.29) is 22.9 Å². The molecule has 0 aliphatic heterocycles. The summed E-state index contributed by atoms with van der Waals surface area (Å²) in [5.74, 6) is -0.660. The molecule has 0 spiro atoms. The molecule has 0 bridgehead atoms. The fourth-order valence-electron chi connectivity index (χ4n) is 2.55. The van der Waals surface area contributed by atoms with E-state index in [9.17, 15) is 19.7 Å². The highest BCUT2D eigenvalue weighted by Gasteiger charge is 2.15. The Morgan fingerprint density at radius 2 is 1.57 bits per heavy atom. The lowest BCUT2D eigenvalue weighted by Gasteiger charge is -2.07. The molecular weight excluding hydrogens is 360 g/mol. The van der Waals surface area contributed by atoms with Crippen LogP contribution in [0, 0.1) is 17.0 Å². The van der Waals surface area contributed by atoms with Gasteiger partial charge in [-0.1, -0.05) is 18.2 Å². The minimum atomic E-state index is -0.639. The molecule has 0 saturated heterocycles. The van der Waals surface area contributed by atoms with Crippen molar-refractivity contribution in [2.24, 2.45) is 0 Å². The predicted octanol–water partition coefficient (Wildman–Crippen LogP) is 4.37. The number of rotatable bonds is 5. The molecule has 28 heavy (non-hydrogen) atoms. The molecule has 0 aliphatic rings. The molecule has 0 saturated carbocycles. The van der Waals surface area contributed by atoms with Gasteiger partial charge in [-0.25, -0.2) is 4.79 Å². The molecule has 0 heterocycles. The van der Waals surface area contributed by atoms with E-state index in [4.69, 9.17) is 4.74 Å². The van der Waals surface area contributed by atoms with Crippen LogP contribution in [0.25, 0.3) is 0 Å². The summed E-state index contributed by atoms with van der Waals surface area (Å²) < 4.78 is 5.27. The SMILES string of the molecule is Cc1cc(C(=O)Oc2ccc(C(=O)Nc3ccccc3)cc2)ccc1[N+](=O)[O-]. The molecular formula is C21H16N2O5. The molecule has 0 aromatic heterocycles. The third-order valence-electron chi connectivity index (χ3n) is 3.99. The minimum absolute atomic E-state index is 0.0645. The van der Waals surface area contributed by atoms with Crippen molar-refractivity contribution < 1.29 is 19.2 Å². The summed E-state index contributed by atoms with van der Waals surface area (Å²) in [5, 5.41) is 13.6. The molecule has 0 unspecified atom stereocenters. The molecule has 0 aliphatic carbocycles. The number of hydrogen-bond acceptors (Lipinski definition) is 5. The van der Waals surface area contributed by atoms with Gasteiger partial charge in [0.05, 0.1) is 10.5 Å². The maximum Gasteiger partial charge on any atom is 0.343 e. The highest BCUT2D eigenvalue weighted by atomic mass is 16.6. The Morgan fingerprint density at radius 1 is 0.929 bits per heavy atom. The fourth-order valence-corrected chi connectivity index (χ4v) is 2.55. The number of nitrogens with zero attached hydrogens (tertiary/aromatic N) is 1. The number of amides is 1. The fraction of sp³-hybridized carbons (Fsp3) is 0.0476. The zero-order chi connectivity index (χ0) is 20.1. The molecule has 1 N–H and O–H groups in total. The lowest BCUT2D eigenvalue weighted by atomic mass is 10.1. The number of aryl methyl sites for hydroxylation is 1. The van der Waals surface area contributed by atoms with Gasteiger partial charge in [-0.3, -0.25) is 14.9 Å². The highest BCUT2D eigenvalue weighted by Crippen LogP contribution is 2.21. The van der Waals surface area contributed by atoms with Crippen molar-refractivity contribution in [2.75, 3.05) is 5.32 Å². The molecule has 0 fully saturated rings. The summed E-state index contributed by atoms with van der Waals surface area (Å²) in [5.41, 5.74) is 1.60. The van der Waals surface area contributed by atoms with E-state index in [1.165, 1.54) is 30.3 Å². The number of ether oxygens (including phenoxy) is 1. The van der Waals surface area contributed by atoms with E-state index in [0.717, 1.165) is 0 Å². The van der Waals surface area contributed by atoms with E-state index in [1.54, 1.807) is 31.2 Å². The Bertz CT molecular complexity index is 1030. The van der Waals surface area contributed by atoms with E-state index in [0.29, 0.717) is 16.8 Å². The molecule has 3 rings (SSSR count). The lowest BCUT2D eigenvalue weighted by Crippen LogP contribution is -2.12. The van der Waals surface area contributed by atoms with Crippen molar-refractivity contribution in [2.45, 2.75) is 6.92 Å². The molecule has 0 atom stereocenters. The minimum Gasteiger partial charge on any atom is -0.423 e. The summed E-state index contributed by atoms with van der Waals surface area (Å²) in [6.45, 7) is 1.55. The van der Waals surface area contributed by atoms with E-state index >= 15 is 0 Å². The molecule has 3 aromatic rings. The van der Waals surface area contributed by atoms with Crippen LogP contribution < -0.4 is 10.1 Å². The Balaban J connectivity index is 1.67. The van der Waals surface area contributed by atoms with Crippen LogP contribution in [0.1, 0.15) is 26.3 Å². The molecule has 1 amide bonds. The smallest absolute Gasteiger partial charge is 0.343 e. The molecule has 140 valence electrons. The maximum atomic E-state index is 12.2. The summed E-state index contributed by atoms with van der Waals surface area (Å²) in [6.07, 6.45) is 0. The van der Waals surface area contributed by atoms with Crippen LogP contribution in [0.4, 0.5) is 11.4 Å². The van der Waals surface area contributed by atoms with E-state index in [2.05, 4.69) is 5.32 Å². The van der Waals surface area contributed by atoms with Gasteiger partial charge in [0.15, 0.2) is 0 Å². The zero-order valence-corrected chi connectivity index (χ0v) is 14.9. The number of hydrogen-bond donors (Lipinski definition) is 1. The van der Waals surface area contributed by atoms with Crippen LogP contribution >= 0.6 is 0 Å². The van der Waals surface area contributed by atoms with Crippen LogP contribution in [0.5, 0.6) is 5.75 Å². The van der Waals surface area contributed by atoms with Gasteiger partial charge < -0.3 is 10.1 Å². The number of nitro groups is 1. The summed E-state index contributed by atoms with van der Waals surface area (Å²) >= 11 is 0. The molecule has 7 heteroatoms. The van der Waals surface area contributed by atoms with Gasteiger partial charge in [0.2, 0.25) is 0 Å². The van der Waals surface area contributed by atoms with Crippen LogP contribution in [-0.2, 0) is 0 Å². The van der Waals surface area contributed by atoms with E-state index in [1.807, 2.05) is 18.2 Å². The van der Waals surface area contributed by atoms with Gasteiger partial charge in [0.1, 0.15) is 5.75 Å². The quantitative estimate of drug-likeness (QED) is 0.308. The van der Waals surface area contributed by atoms with Gasteiger partial charge >= 0.3 is 5.97 Å². The average Bonchev–Trinajstić information content (AvgIpc) is 2.69. The Labute approximate surface area is 160 Å². The number of carbonyl (C=O) groups excluding carboxylic acids is 2. The van der Waals surface area contributed by atoms with Gasteiger partial charge in [-0.15, -0.1) is 0 Å². The predicted molar refractivity (Wildman–Crippen MR) is 104 cm³/mol. The van der Waals surface area contributed by atoms with Crippen LogP contribution in [0.2, 0.25) is 0 Å². The first-order valence-corrected chi connectivity index (χ1v) is 8.38. The second kappa shape index (κ2) is 8.13. The van der Waals surface area contributed by atoms with Gasteiger partial charge in [-0.2, -0.15) is 0 Å². The van der Waals surface area contributed by atoms with Crippen molar-refractivity contribution in [3.63, 3.8) is 0 Å². The number of esters is 1. The third kappa shape index (κ3) is 4.39. The molecule has 7 nitrogen and oxygen atoms in total. The van der Waals surface area contributed by atoms with Gasteiger partial charge in [0, 0.05) is 22.9 Å². The Hall–Kier alpha value is -4.00. The second-order valence-corrected chi connectivity index (χ2v) is 5.99. The maximum absolute atomic E-state index is 12.2. The van der Waals surface area contributed by atoms with Crippen LogP contribution in [-0.4, -0.2) is 16.8 Å². The Morgan fingerprint density at radius 3 is 2.18 bits per heavy atom. The number of benzene rings is 3. The third-order valence-corrected chi connectivity index (χ3v) is 3.99. The van der Waals surface area contributed by atoms with Gasteiger partial charge in [-0.05, 0) is 55.5 Å². The number of nitro benzene ring substituents is 1. The molecule has 0 radical (unpaired) electrons. The number of para-hydroxylation sites is 1. The Kier molecular flexibility index (Phi) is 5.45. The van der Waals surface area contributed by atoms with Crippen LogP contribution in [0.15, 0.2) is 72.8 Å². The average molecular weight is 376 g/mol. The number of carbonyl (C=O) groups is 2. The monoisotopic (exact) mass is 376 g/mol. The standard InChI is InChI=1S/C21H16N2O5/c1-14-13-16(9-12-19(14)23(26)27)21(25)28-18-10-7-15(8-11-18)20(24)22-17-5-3-2-4-6-17/h2-13H,1H3,(H,22,24). The van der Waals surface area contributed by atoms with Gasteiger partial charge in [0.25, 0.3) is 11.6 Å². The summed E-state index contributed by atoms with van der Waals surface area (Å²) in [7, 11) is 0. The topological polar surface area (TPSA) is 98.5 Å². The zero-order valence-electron chi connectivity index (χ0n) is 14.9. The highest BCUT2D eigenvalue weighted by molar-refractivity contribution is 6.04. The summed E-state index contributed by atoms with van der Waals surface area (Å²) in [4.78, 5) is 34.8. The van der Waals surface area contributed by atoms with Crippen molar-refractivity contribution in [3.8, 4) is 5.75 Å². The second-order valence-electron chi connectivity index (χ2n) is 5.99. The first-order chi connectivity index (χ1) is 13.4. The van der Waals surface area contributed by atoms with Crippen molar-refractivity contribution in [1.29, 1.82) is 0 Å². The molecule has 3 aromatic carbocycles. The van der Waals surface area contributed by atoms with E-state index < -0.39 is 10.9 Å². The normalized spacial score (nSPS) is 10.2. The van der Waals surface area contributed by atoms with Crippen LogP contribution in [0.3, 0.4) is 0 Å². The first kappa shape index (κ1) is 18.8. The number of anilines is 1. The largest absolute Gasteiger partial charge is 0.423 e. The lowest BCUT2D eigenvalue weighted by molar-refractivity contribution is -0.385. The van der Waals surface area contributed by atoms with Crippen molar-refractivity contribution >= 4 is 23.3 Å². The number of nitrogens with one attached hydrogen (secondary N) is 1. The summed E-state index contributed by atoms with van der Waals surface area (Å²) in [6, 6.07) is 19.2.